The summed E-state index contributed by atoms with van der Waals surface area (Å²) in [6, 6.07) is 20.9. The smallest absolute Gasteiger partial charge is 0.0361 e. The van der Waals surface area contributed by atoms with Crippen molar-refractivity contribution in [3.8, 4) is 0 Å². The van der Waals surface area contributed by atoms with Crippen LogP contribution in [0.25, 0.3) is 0 Å². The second-order valence-corrected chi connectivity index (χ2v) is 13.7. The summed E-state index contributed by atoms with van der Waals surface area (Å²) in [5.41, 5.74) is 16.1. The molecule has 0 aliphatic rings. The topological polar surface area (TPSA) is 26.0 Å². The first-order valence-corrected chi connectivity index (χ1v) is 19.2. The third kappa shape index (κ3) is 21.4. The Morgan fingerprint density at radius 1 is 0.755 bits per heavy atom. The molecule has 0 fully saturated rings. The first-order valence-electron chi connectivity index (χ1n) is 19.2. The van der Waals surface area contributed by atoms with Gasteiger partial charge in [0.25, 0.3) is 0 Å². The van der Waals surface area contributed by atoms with Gasteiger partial charge in [-0.25, -0.2) is 0 Å². The van der Waals surface area contributed by atoms with Crippen molar-refractivity contribution in [1.29, 1.82) is 0 Å². The molecule has 2 N–H and O–H groups in total. The summed E-state index contributed by atoms with van der Waals surface area (Å²) in [6.07, 6.45) is 16.9. The number of allylic oxidation sites excluding steroid dienone is 7. The van der Waals surface area contributed by atoms with Crippen LogP contribution >= 0.6 is 0 Å². The molecule has 1 heteroatoms. The van der Waals surface area contributed by atoms with Crippen LogP contribution in [0.1, 0.15) is 150 Å². The molecule has 0 saturated carbocycles. The van der Waals surface area contributed by atoms with Crippen molar-refractivity contribution in [3.05, 3.63) is 144 Å². The van der Waals surface area contributed by atoms with Crippen LogP contribution in [0.15, 0.2) is 133 Å². The van der Waals surface area contributed by atoms with Crippen molar-refractivity contribution >= 4 is 0 Å². The van der Waals surface area contributed by atoms with Crippen LogP contribution in [-0.4, -0.2) is 0 Å². The molecule has 2 aromatic carbocycles. The van der Waals surface area contributed by atoms with Gasteiger partial charge in [-0.05, 0) is 94.8 Å². The lowest BCUT2D eigenvalue weighted by molar-refractivity contribution is 0.394. The zero-order chi connectivity index (χ0) is 37.6. The summed E-state index contributed by atoms with van der Waals surface area (Å²) in [6.45, 7) is 38.9. The molecule has 0 spiro atoms. The monoisotopic (exact) mass is 668 g/mol. The molecule has 0 aromatic heterocycles. The zero-order valence-corrected chi connectivity index (χ0v) is 33.8. The Kier molecular flexibility index (Phi) is 30.0. The summed E-state index contributed by atoms with van der Waals surface area (Å²) in [4.78, 5) is 0. The van der Waals surface area contributed by atoms with Gasteiger partial charge in [-0.3, -0.25) is 0 Å². The zero-order valence-electron chi connectivity index (χ0n) is 33.8. The highest BCUT2D eigenvalue weighted by Gasteiger charge is 2.27. The fourth-order valence-corrected chi connectivity index (χ4v) is 5.78. The Morgan fingerprint density at radius 3 is 1.71 bits per heavy atom. The maximum absolute atomic E-state index is 6.55. The Hall–Kier alpha value is -3.32. The second kappa shape index (κ2) is 30.7. The van der Waals surface area contributed by atoms with Gasteiger partial charge in [0.05, 0.1) is 0 Å². The standard InChI is InChI=1S/C35H53N.C6H6.C4H10.C3H8/c1-11-14-15-20-29(9)34(30(10)36)35(32-23-16-19-26(6)24-32)33(25(4)5)28(8)22-17-21-27(7)31(13-3)18-12-2;1-2-4-6-5-3-1;1-3-4-2;1-3-2/h12-13,16,19,23-24,27,31,35H,2-3,8,10-11,14-15,17-18,20-22,36H2,1,4-7,9H3;1-6H;3-4H2,1-2H3;3H2,1-2H3/b34-29+;;;. The van der Waals surface area contributed by atoms with Gasteiger partial charge in [0, 0.05) is 11.6 Å². The van der Waals surface area contributed by atoms with Crippen molar-refractivity contribution in [2.24, 2.45) is 17.6 Å². The van der Waals surface area contributed by atoms with E-state index in [2.05, 4.69) is 126 Å². The van der Waals surface area contributed by atoms with Crippen LogP contribution in [0.4, 0.5) is 0 Å². The molecule has 0 bridgehead atoms. The maximum Gasteiger partial charge on any atom is 0.0361 e. The van der Waals surface area contributed by atoms with Gasteiger partial charge in [-0.1, -0.05) is 182 Å². The van der Waals surface area contributed by atoms with Crippen LogP contribution in [0, 0.1) is 18.8 Å². The lowest BCUT2D eigenvalue weighted by Crippen LogP contribution is -2.16. The van der Waals surface area contributed by atoms with Crippen LogP contribution in [0.5, 0.6) is 0 Å². The predicted octanol–water partition coefficient (Wildman–Crippen LogP) is 15.4. The lowest BCUT2D eigenvalue weighted by Gasteiger charge is -2.30. The van der Waals surface area contributed by atoms with E-state index in [4.69, 9.17) is 5.73 Å². The molecule has 1 nitrogen and oxygen atoms in total. The average molecular weight is 668 g/mol. The Labute approximate surface area is 306 Å². The van der Waals surface area contributed by atoms with Gasteiger partial charge in [-0.2, -0.15) is 0 Å². The fourth-order valence-electron chi connectivity index (χ4n) is 5.78. The lowest BCUT2D eigenvalue weighted by atomic mass is 9.75. The van der Waals surface area contributed by atoms with Crippen LogP contribution < -0.4 is 5.73 Å². The Balaban J connectivity index is 0. The molecule has 49 heavy (non-hydrogen) atoms. The highest BCUT2D eigenvalue weighted by Crippen LogP contribution is 2.43. The third-order valence-electron chi connectivity index (χ3n) is 8.61. The summed E-state index contributed by atoms with van der Waals surface area (Å²) in [5.74, 6) is 1.12. The van der Waals surface area contributed by atoms with E-state index in [0.29, 0.717) is 17.5 Å². The maximum atomic E-state index is 6.55. The largest absolute Gasteiger partial charge is 0.399 e. The van der Waals surface area contributed by atoms with Crippen molar-refractivity contribution in [2.75, 3.05) is 0 Å². The van der Waals surface area contributed by atoms with Gasteiger partial charge in [-0.15, -0.1) is 13.2 Å². The molecule has 0 aliphatic heterocycles. The van der Waals surface area contributed by atoms with Gasteiger partial charge < -0.3 is 5.73 Å². The van der Waals surface area contributed by atoms with Crippen LogP contribution in [-0.2, 0) is 0 Å². The van der Waals surface area contributed by atoms with E-state index in [1.807, 2.05) is 42.5 Å². The number of benzene rings is 2. The third-order valence-corrected chi connectivity index (χ3v) is 8.61. The van der Waals surface area contributed by atoms with E-state index >= 15 is 0 Å². The SMILES string of the molecule is C=CCC(C=C)C(C)CCCC(=C)C(=C(C)C)C(/C(C(=C)N)=C(\C)CCCCC)c1cccc(C)c1.CCC.CCCC.c1ccccc1. The van der Waals surface area contributed by atoms with E-state index in [1.165, 1.54) is 77.5 Å². The van der Waals surface area contributed by atoms with Crippen molar-refractivity contribution < 1.29 is 0 Å². The van der Waals surface area contributed by atoms with E-state index in [0.717, 1.165) is 32.1 Å². The van der Waals surface area contributed by atoms with Crippen molar-refractivity contribution in [3.63, 3.8) is 0 Å². The summed E-state index contributed by atoms with van der Waals surface area (Å²) >= 11 is 0. The predicted molar refractivity (Wildman–Crippen MR) is 226 cm³/mol. The molecule has 3 atom stereocenters. The number of aryl methyl sites for hydroxylation is 1. The van der Waals surface area contributed by atoms with Gasteiger partial charge in [0.2, 0.25) is 0 Å². The number of nitrogens with two attached hydrogens (primary N) is 1. The first-order chi connectivity index (χ1) is 23.4. The Morgan fingerprint density at radius 2 is 1.31 bits per heavy atom. The summed E-state index contributed by atoms with van der Waals surface area (Å²) < 4.78 is 0. The minimum atomic E-state index is 0.0561. The Bertz CT molecular complexity index is 1190. The number of hydrogen-bond donors (Lipinski definition) is 1. The molecule has 2 rings (SSSR count). The van der Waals surface area contributed by atoms with Crippen LogP contribution in [0.2, 0.25) is 0 Å². The molecular weight excluding hydrogens is 591 g/mol. The number of unbranched alkanes of at least 4 members (excludes halogenated alkanes) is 3. The quantitative estimate of drug-likeness (QED) is 0.0955. The molecule has 0 radical (unpaired) electrons. The summed E-state index contributed by atoms with van der Waals surface area (Å²) in [7, 11) is 0. The molecule has 274 valence electrons. The second-order valence-electron chi connectivity index (χ2n) is 13.7. The van der Waals surface area contributed by atoms with E-state index in [-0.39, 0.29) is 5.92 Å². The van der Waals surface area contributed by atoms with E-state index in [9.17, 15) is 0 Å². The fraction of sp³-hybridized carbons (Fsp3) is 0.500. The molecular formula is C48H77N. The molecule has 2 aromatic rings. The van der Waals surface area contributed by atoms with E-state index in [1.54, 1.807) is 0 Å². The molecule has 0 aliphatic carbocycles. The molecule has 0 heterocycles. The summed E-state index contributed by atoms with van der Waals surface area (Å²) in [5, 5.41) is 0. The average Bonchev–Trinajstić information content (AvgIpc) is 3.08. The number of hydrogen-bond acceptors (Lipinski definition) is 1. The molecule has 0 saturated heterocycles. The molecule has 3 unspecified atom stereocenters. The molecule has 0 amide bonds. The highest BCUT2D eigenvalue weighted by molar-refractivity contribution is 5.54. The number of rotatable bonds is 18. The van der Waals surface area contributed by atoms with Gasteiger partial charge >= 0.3 is 0 Å². The normalized spacial score (nSPS) is 12.4. The van der Waals surface area contributed by atoms with Crippen molar-refractivity contribution in [2.45, 2.75) is 146 Å². The van der Waals surface area contributed by atoms with Gasteiger partial charge in [0.1, 0.15) is 0 Å². The van der Waals surface area contributed by atoms with E-state index < -0.39 is 0 Å². The van der Waals surface area contributed by atoms with Crippen LogP contribution in [0.3, 0.4) is 0 Å². The minimum Gasteiger partial charge on any atom is -0.399 e. The van der Waals surface area contributed by atoms with Crippen molar-refractivity contribution in [1.82, 2.24) is 0 Å². The minimum absolute atomic E-state index is 0.0561. The van der Waals surface area contributed by atoms with Gasteiger partial charge in [0.15, 0.2) is 0 Å². The highest BCUT2D eigenvalue weighted by atomic mass is 14.6. The first kappa shape index (κ1) is 47.8.